The number of benzene rings is 1. The van der Waals surface area contributed by atoms with Gasteiger partial charge in [-0.15, -0.1) is 0 Å². The molecule has 0 atom stereocenters. The first kappa shape index (κ1) is 10.3. The summed E-state index contributed by atoms with van der Waals surface area (Å²) in [5, 5.41) is 26.4. The summed E-state index contributed by atoms with van der Waals surface area (Å²) in [6.07, 6.45) is 2.10. The molecule has 1 heterocycles. The highest BCUT2D eigenvalue weighted by atomic mass is 32.1. The van der Waals surface area contributed by atoms with Crippen molar-refractivity contribution >= 4 is 12.2 Å². The van der Waals surface area contributed by atoms with Crippen molar-refractivity contribution in [2.24, 2.45) is 0 Å². The Morgan fingerprint density at radius 2 is 1.94 bits per heavy atom. The van der Waals surface area contributed by atoms with Gasteiger partial charge in [0.25, 0.3) is 0 Å². The van der Waals surface area contributed by atoms with Gasteiger partial charge in [0.05, 0.1) is 0 Å². The van der Waals surface area contributed by atoms with Crippen LogP contribution in [-0.4, -0.2) is 25.0 Å². The van der Waals surface area contributed by atoms with Gasteiger partial charge in [0.15, 0.2) is 10.6 Å². The SMILES string of the molecule is Oc1cccc(O)c1-c1n[nH]c(=S)n1C1CC1. The second-order valence-corrected chi connectivity index (χ2v) is 4.51. The molecule has 1 aromatic heterocycles. The highest BCUT2D eigenvalue weighted by Crippen LogP contribution is 2.42. The molecule has 5 nitrogen and oxygen atoms in total. The molecule has 1 saturated carbocycles. The molecule has 3 rings (SSSR count). The van der Waals surface area contributed by atoms with E-state index in [9.17, 15) is 10.2 Å². The van der Waals surface area contributed by atoms with Crippen molar-refractivity contribution < 1.29 is 10.2 Å². The maximum atomic E-state index is 9.82. The van der Waals surface area contributed by atoms with Gasteiger partial charge >= 0.3 is 0 Å². The lowest BCUT2D eigenvalue weighted by Crippen LogP contribution is -1.98. The minimum Gasteiger partial charge on any atom is -0.507 e. The van der Waals surface area contributed by atoms with Crippen LogP contribution in [0.4, 0.5) is 0 Å². The van der Waals surface area contributed by atoms with Crippen molar-refractivity contribution in [2.45, 2.75) is 18.9 Å². The predicted molar refractivity (Wildman–Crippen MR) is 64.4 cm³/mol. The molecule has 17 heavy (non-hydrogen) atoms. The average Bonchev–Trinajstić information content (AvgIpc) is 3.04. The van der Waals surface area contributed by atoms with Gasteiger partial charge in [-0.1, -0.05) is 6.07 Å². The normalized spacial score (nSPS) is 15.1. The van der Waals surface area contributed by atoms with E-state index in [-0.39, 0.29) is 11.5 Å². The molecule has 2 aromatic rings. The molecule has 1 aliphatic carbocycles. The van der Waals surface area contributed by atoms with Crippen LogP contribution in [-0.2, 0) is 0 Å². The average molecular weight is 249 g/mol. The van der Waals surface area contributed by atoms with Crippen LogP contribution < -0.4 is 0 Å². The van der Waals surface area contributed by atoms with E-state index in [0.717, 1.165) is 12.8 Å². The summed E-state index contributed by atoms with van der Waals surface area (Å²) in [6.45, 7) is 0. The van der Waals surface area contributed by atoms with Crippen molar-refractivity contribution in [1.29, 1.82) is 0 Å². The van der Waals surface area contributed by atoms with Gasteiger partial charge < -0.3 is 10.2 Å². The van der Waals surface area contributed by atoms with Gasteiger partial charge in [-0.2, -0.15) is 5.10 Å². The summed E-state index contributed by atoms with van der Waals surface area (Å²) in [5.74, 6) is 0.495. The Hall–Kier alpha value is -1.82. The molecule has 1 aliphatic rings. The molecule has 0 bridgehead atoms. The molecule has 0 aliphatic heterocycles. The standard InChI is InChI=1S/C11H11N3O2S/c15-7-2-1-3-8(16)9(7)10-12-13-11(17)14(10)6-4-5-6/h1-3,6,15-16H,4-5H2,(H,13,17). The Morgan fingerprint density at radius 1 is 1.29 bits per heavy atom. The molecular weight excluding hydrogens is 238 g/mol. The lowest BCUT2D eigenvalue weighted by atomic mass is 10.1. The summed E-state index contributed by atoms with van der Waals surface area (Å²) >= 11 is 5.16. The number of H-pyrrole nitrogens is 1. The van der Waals surface area contributed by atoms with Gasteiger partial charge in [-0.25, -0.2) is 0 Å². The van der Waals surface area contributed by atoms with Crippen molar-refractivity contribution in [3.8, 4) is 22.9 Å². The van der Waals surface area contributed by atoms with E-state index in [2.05, 4.69) is 10.2 Å². The van der Waals surface area contributed by atoms with E-state index in [0.29, 0.717) is 22.2 Å². The van der Waals surface area contributed by atoms with Crippen LogP contribution in [0.25, 0.3) is 11.4 Å². The minimum atomic E-state index is 0.000833. The lowest BCUT2D eigenvalue weighted by molar-refractivity contribution is 0.452. The summed E-state index contributed by atoms with van der Waals surface area (Å²) in [4.78, 5) is 0. The number of aromatic amines is 1. The number of nitrogens with one attached hydrogen (secondary N) is 1. The molecule has 1 fully saturated rings. The van der Waals surface area contributed by atoms with E-state index in [1.54, 1.807) is 6.07 Å². The molecule has 88 valence electrons. The summed E-state index contributed by atoms with van der Waals surface area (Å²) < 4.78 is 2.37. The molecule has 0 amide bonds. The summed E-state index contributed by atoms with van der Waals surface area (Å²) in [6, 6.07) is 4.94. The topological polar surface area (TPSA) is 74.1 Å². The smallest absolute Gasteiger partial charge is 0.195 e. The number of phenolic OH excluding ortho intramolecular Hbond substituents is 2. The second-order valence-electron chi connectivity index (χ2n) is 4.12. The van der Waals surface area contributed by atoms with Crippen molar-refractivity contribution in [3.63, 3.8) is 0 Å². The van der Waals surface area contributed by atoms with Crippen LogP contribution in [0.5, 0.6) is 11.5 Å². The number of hydrogen-bond acceptors (Lipinski definition) is 4. The van der Waals surface area contributed by atoms with Crippen LogP contribution in [0.3, 0.4) is 0 Å². The van der Waals surface area contributed by atoms with Gasteiger partial charge in [0.1, 0.15) is 17.1 Å². The van der Waals surface area contributed by atoms with Crippen LogP contribution in [0.15, 0.2) is 18.2 Å². The Morgan fingerprint density at radius 3 is 2.53 bits per heavy atom. The van der Waals surface area contributed by atoms with Crippen molar-refractivity contribution in [3.05, 3.63) is 23.0 Å². The van der Waals surface area contributed by atoms with Crippen LogP contribution in [0, 0.1) is 4.77 Å². The molecule has 3 N–H and O–H groups in total. The van der Waals surface area contributed by atoms with Crippen LogP contribution in [0.2, 0.25) is 0 Å². The zero-order chi connectivity index (χ0) is 12.0. The zero-order valence-electron chi connectivity index (χ0n) is 8.92. The Kier molecular flexibility index (Phi) is 2.19. The molecule has 0 unspecified atom stereocenters. The lowest BCUT2D eigenvalue weighted by Gasteiger charge is -2.08. The van der Waals surface area contributed by atoms with Gasteiger partial charge in [-0.05, 0) is 37.2 Å². The number of aromatic nitrogens is 3. The molecule has 6 heteroatoms. The van der Waals surface area contributed by atoms with Crippen LogP contribution in [0.1, 0.15) is 18.9 Å². The quantitative estimate of drug-likeness (QED) is 0.714. The number of hydrogen-bond donors (Lipinski definition) is 3. The van der Waals surface area contributed by atoms with E-state index in [4.69, 9.17) is 12.2 Å². The third kappa shape index (κ3) is 1.61. The first-order valence-electron chi connectivity index (χ1n) is 5.36. The number of rotatable bonds is 2. The van der Waals surface area contributed by atoms with Gasteiger partial charge in [0, 0.05) is 6.04 Å². The minimum absolute atomic E-state index is 0.000833. The first-order chi connectivity index (χ1) is 8.18. The monoisotopic (exact) mass is 249 g/mol. The fourth-order valence-corrected chi connectivity index (χ4v) is 2.19. The number of nitrogens with zero attached hydrogens (tertiary/aromatic N) is 2. The van der Waals surface area contributed by atoms with E-state index < -0.39 is 0 Å². The summed E-state index contributed by atoms with van der Waals surface area (Å²) in [7, 11) is 0. The number of aromatic hydroxyl groups is 2. The number of phenols is 2. The molecule has 0 spiro atoms. The Balaban J connectivity index is 2.25. The third-order valence-corrected chi connectivity index (χ3v) is 3.15. The van der Waals surface area contributed by atoms with Crippen molar-refractivity contribution in [1.82, 2.24) is 14.8 Å². The highest BCUT2D eigenvalue weighted by molar-refractivity contribution is 7.71. The van der Waals surface area contributed by atoms with Crippen LogP contribution >= 0.6 is 12.2 Å². The van der Waals surface area contributed by atoms with E-state index >= 15 is 0 Å². The first-order valence-corrected chi connectivity index (χ1v) is 5.77. The zero-order valence-corrected chi connectivity index (χ0v) is 9.74. The molecule has 0 saturated heterocycles. The fourth-order valence-electron chi connectivity index (χ4n) is 1.91. The Labute approximate surface area is 102 Å². The Bertz CT molecular complexity index is 608. The third-order valence-electron chi connectivity index (χ3n) is 2.86. The van der Waals surface area contributed by atoms with Crippen molar-refractivity contribution in [2.75, 3.05) is 0 Å². The summed E-state index contributed by atoms with van der Waals surface area (Å²) in [5.41, 5.74) is 0.326. The van der Waals surface area contributed by atoms with E-state index in [1.165, 1.54) is 12.1 Å². The second kappa shape index (κ2) is 3.59. The van der Waals surface area contributed by atoms with E-state index in [1.807, 2.05) is 4.57 Å². The largest absolute Gasteiger partial charge is 0.507 e. The molecule has 1 aromatic carbocycles. The predicted octanol–water partition coefficient (Wildman–Crippen LogP) is 2.35. The maximum absolute atomic E-state index is 9.82. The maximum Gasteiger partial charge on any atom is 0.195 e. The molecular formula is C11H11N3O2S. The fraction of sp³-hybridized carbons (Fsp3) is 0.273. The molecule has 0 radical (unpaired) electrons. The highest BCUT2D eigenvalue weighted by Gasteiger charge is 2.29. The van der Waals surface area contributed by atoms with Gasteiger partial charge in [-0.3, -0.25) is 9.67 Å². The van der Waals surface area contributed by atoms with Gasteiger partial charge in [0.2, 0.25) is 0 Å².